The summed E-state index contributed by atoms with van der Waals surface area (Å²) in [6.07, 6.45) is 2.47. The molecule has 1 unspecified atom stereocenters. The number of hydrogen-bond donors (Lipinski definition) is 4. The third-order valence-corrected chi connectivity index (χ3v) is 8.18. The van der Waals surface area contributed by atoms with E-state index in [0.717, 1.165) is 50.3 Å². The fourth-order valence-corrected chi connectivity index (χ4v) is 5.97. The second kappa shape index (κ2) is 10.7. The highest BCUT2D eigenvalue weighted by Gasteiger charge is 2.46. The zero-order chi connectivity index (χ0) is 26.8. The van der Waals surface area contributed by atoms with Crippen LogP contribution in [0, 0.1) is 5.41 Å². The number of piperidine rings is 1. The van der Waals surface area contributed by atoms with Crippen molar-refractivity contribution < 1.29 is 14.2 Å². The zero-order valence-electron chi connectivity index (χ0n) is 22.5. The summed E-state index contributed by atoms with van der Waals surface area (Å²) in [5.41, 5.74) is 9.31. The summed E-state index contributed by atoms with van der Waals surface area (Å²) in [5, 5.41) is 15.9. The number of amidine groups is 1. The molecule has 0 aliphatic carbocycles. The van der Waals surface area contributed by atoms with E-state index in [-0.39, 0.29) is 5.41 Å². The van der Waals surface area contributed by atoms with Crippen molar-refractivity contribution in [1.82, 2.24) is 15.1 Å². The van der Waals surface area contributed by atoms with Gasteiger partial charge in [-0.05, 0) is 31.5 Å². The van der Waals surface area contributed by atoms with Crippen LogP contribution in [0.3, 0.4) is 0 Å². The molecule has 10 nitrogen and oxygen atoms in total. The molecular formula is C28H39N7O3. The summed E-state index contributed by atoms with van der Waals surface area (Å²) >= 11 is 0. The molecule has 0 saturated carbocycles. The van der Waals surface area contributed by atoms with Crippen molar-refractivity contribution in [1.29, 1.82) is 5.41 Å². The van der Waals surface area contributed by atoms with Gasteiger partial charge in [0.25, 0.3) is 0 Å². The minimum Gasteiger partial charge on any atom is -0.493 e. The van der Waals surface area contributed by atoms with Crippen LogP contribution in [0.4, 0.5) is 5.69 Å². The molecule has 204 valence electrons. The maximum Gasteiger partial charge on any atom is 0.193 e. The quantitative estimate of drug-likeness (QED) is 0.338. The smallest absolute Gasteiger partial charge is 0.193 e. The first-order chi connectivity index (χ1) is 18.4. The molecule has 0 radical (unpaired) electrons. The lowest BCUT2D eigenvalue weighted by Crippen LogP contribution is -2.59. The van der Waals surface area contributed by atoms with Crippen molar-refractivity contribution in [3.05, 3.63) is 53.6 Å². The average Bonchev–Trinajstić information content (AvgIpc) is 2.97. The van der Waals surface area contributed by atoms with Crippen molar-refractivity contribution >= 4 is 17.5 Å². The summed E-state index contributed by atoms with van der Waals surface area (Å²) in [5.74, 6) is 1.48. The highest BCUT2D eigenvalue weighted by molar-refractivity contribution is 6.05. The first-order valence-corrected chi connectivity index (χ1v) is 13.2. The van der Waals surface area contributed by atoms with E-state index < -0.39 is 5.79 Å². The van der Waals surface area contributed by atoms with Crippen molar-refractivity contribution in [2.75, 3.05) is 66.0 Å². The number of hydrogen-bond acceptors (Lipinski definition) is 8. The molecule has 0 spiro atoms. The van der Waals surface area contributed by atoms with Gasteiger partial charge in [0.1, 0.15) is 5.84 Å². The Labute approximate surface area is 224 Å². The van der Waals surface area contributed by atoms with Gasteiger partial charge in [-0.25, -0.2) is 4.99 Å². The maximum absolute atomic E-state index is 8.83. The number of aliphatic imine (C=N–C) groups is 1. The van der Waals surface area contributed by atoms with Gasteiger partial charge in [0.15, 0.2) is 23.2 Å². The van der Waals surface area contributed by atoms with E-state index >= 15 is 0 Å². The molecule has 2 aromatic carbocycles. The Bertz CT molecular complexity index is 1170. The summed E-state index contributed by atoms with van der Waals surface area (Å²) in [6.45, 7) is 4.49. The van der Waals surface area contributed by atoms with Crippen LogP contribution in [0.1, 0.15) is 30.4 Å². The monoisotopic (exact) mass is 521 g/mol. The van der Waals surface area contributed by atoms with Gasteiger partial charge in [-0.3, -0.25) is 10.7 Å². The molecule has 0 aromatic heterocycles. The fourth-order valence-electron chi connectivity index (χ4n) is 5.97. The van der Waals surface area contributed by atoms with Crippen LogP contribution in [0.2, 0.25) is 0 Å². The van der Waals surface area contributed by atoms with E-state index in [1.807, 2.05) is 19.2 Å². The number of nitrogens with one attached hydrogen (secondary N) is 3. The van der Waals surface area contributed by atoms with Gasteiger partial charge in [0, 0.05) is 49.6 Å². The highest BCUT2D eigenvalue weighted by Crippen LogP contribution is 2.45. The van der Waals surface area contributed by atoms with Crippen molar-refractivity contribution in [3.63, 3.8) is 0 Å². The molecule has 0 amide bonds. The molecule has 3 aliphatic heterocycles. The number of fused-ring (bicyclic) bond motifs is 1. The average molecular weight is 522 g/mol. The molecule has 38 heavy (non-hydrogen) atoms. The Morgan fingerprint density at radius 2 is 1.68 bits per heavy atom. The number of morpholine rings is 1. The van der Waals surface area contributed by atoms with Crippen molar-refractivity contribution in [2.45, 2.75) is 30.5 Å². The lowest BCUT2D eigenvalue weighted by Gasteiger charge is -2.49. The Morgan fingerprint density at radius 1 is 1.05 bits per heavy atom. The van der Waals surface area contributed by atoms with Crippen LogP contribution in [0.5, 0.6) is 11.5 Å². The second-order valence-corrected chi connectivity index (χ2v) is 10.2. The third-order valence-electron chi connectivity index (χ3n) is 8.18. The molecule has 2 saturated heterocycles. The standard InChI is InChI=1S/C28H39N7O3/c1-31-28(32-22-18-24(37-3)23(36-2)17-21(22)25(29)33-28)19-27(20-7-5-4-6-8-20)9-11-34(12-10-27)26(30)35-13-15-38-16-14-35/h4-8,17-18,30-32H,9-16,19H2,1-3H3,(H2,29,33). The first kappa shape index (κ1) is 26.1. The van der Waals surface area contributed by atoms with Gasteiger partial charge in [-0.2, -0.15) is 0 Å². The normalized spacial score (nSPS) is 22.7. The van der Waals surface area contributed by atoms with E-state index in [1.165, 1.54) is 5.56 Å². The van der Waals surface area contributed by atoms with Gasteiger partial charge >= 0.3 is 0 Å². The van der Waals surface area contributed by atoms with Crippen LogP contribution < -0.4 is 25.8 Å². The number of likely N-dealkylation sites (tertiary alicyclic amines) is 1. The van der Waals surface area contributed by atoms with Crippen LogP contribution in [-0.4, -0.2) is 88.0 Å². The molecule has 3 aliphatic rings. The Morgan fingerprint density at radius 3 is 2.32 bits per heavy atom. The number of methoxy groups -OCH3 is 2. The van der Waals surface area contributed by atoms with Gasteiger partial charge in [0.05, 0.1) is 33.1 Å². The van der Waals surface area contributed by atoms with Crippen LogP contribution in [-0.2, 0) is 10.2 Å². The Balaban J connectivity index is 1.44. The minimum absolute atomic E-state index is 0.170. The molecule has 1 atom stereocenters. The summed E-state index contributed by atoms with van der Waals surface area (Å²) < 4.78 is 16.5. The molecule has 5 rings (SSSR count). The topological polar surface area (TPSA) is 120 Å². The van der Waals surface area contributed by atoms with Gasteiger partial charge in [0.2, 0.25) is 0 Å². The summed E-state index contributed by atoms with van der Waals surface area (Å²) in [4.78, 5) is 9.33. The van der Waals surface area contributed by atoms with E-state index in [9.17, 15) is 0 Å². The van der Waals surface area contributed by atoms with E-state index in [1.54, 1.807) is 14.2 Å². The van der Waals surface area contributed by atoms with Gasteiger partial charge in [-0.1, -0.05) is 30.3 Å². The molecule has 10 heteroatoms. The second-order valence-electron chi connectivity index (χ2n) is 10.2. The Kier molecular flexibility index (Phi) is 7.36. The zero-order valence-corrected chi connectivity index (χ0v) is 22.5. The van der Waals surface area contributed by atoms with Crippen molar-refractivity contribution in [2.24, 2.45) is 10.7 Å². The number of nitrogens with zero attached hydrogens (tertiary/aromatic N) is 3. The largest absolute Gasteiger partial charge is 0.493 e. The lowest BCUT2D eigenvalue weighted by molar-refractivity contribution is 0.0586. The molecule has 5 N–H and O–H groups in total. The van der Waals surface area contributed by atoms with Crippen LogP contribution >= 0.6 is 0 Å². The number of rotatable bonds is 6. The molecule has 3 heterocycles. The molecule has 0 bridgehead atoms. The minimum atomic E-state index is -0.813. The first-order valence-electron chi connectivity index (χ1n) is 13.2. The maximum atomic E-state index is 8.83. The highest BCUT2D eigenvalue weighted by atomic mass is 16.5. The van der Waals surface area contributed by atoms with Crippen LogP contribution in [0.25, 0.3) is 0 Å². The lowest BCUT2D eigenvalue weighted by atomic mass is 9.68. The summed E-state index contributed by atoms with van der Waals surface area (Å²) in [7, 11) is 5.15. The number of benzene rings is 2. The molecule has 2 aromatic rings. The number of nitrogens with two attached hydrogens (primary N) is 1. The third kappa shape index (κ3) is 4.86. The van der Waals surface area contributed by atoms with E-state index in [4.69, 9.17) is 30.3 Å². The molecular weight excluding hydrogens is 482 g/mol. The molecule has 2 fully saturated rings. The Hall–Kier alpha value is -3.50. The fraction of sp³-hybridized carbons (Fsp3) is 0.500. The van der Waals surface area contributed by atoms with Gasteiger partial charge in [-0.15, -0.1) is 0 Å². The number of anilines is 1. The van der Waals surface area contributed by atoms with Crippen molar-refractivity contribution in [3.8, 4) is 11.5 Å². The van der Waals surface area contributed by atoms with Gasteiger partial charge < -0.3 is 35.1 Å². The van der Waals surface area contributed by atoms with Crippen LogP contribution in [0.15, 0.2) is 47.5 Å². The van der Waals surface area contributed by atoms with E-state index in [2.05, 4.69) is 50.8 Å². The predicted molar refractivity (Wildman–Crippen MR) is 149 cm³/mol. The predicted octanol–water partition coefficient (Wildman–Crippen LogP) is 2.40. The number of ether oxygens (including phenoxy) is 3. The summed E-state index contributed by atoms with van der Waals surface area (Å²) in [6, 6.07) is 14.5. The SMILES string of the molecule is CNC1(CC2(c3ccccc3)CCN(C(=N)N3CCOCC3)CC2)N=C(N)c2cc(OC)c(OC)cc2N1. The number of guanidine groups is 1. The van der Waals surface area contributed by atoms with E-state index in [0.29, 0.717) is 42.9 Å².